The van der Waals surface area contributed by atoms with E-state index in [1.807, 2.05) is 0 Å². The first kappa shape index (κ1) is 47.2. The summed E-state index contributed by atoms with van der Waals surface area (Å²) in [5.41, 5.74) is 3.45. The Morgan fingerprint density at radius 2 is 0.627 bits per heavy atom. The van der Waals surface area contributed by atoms with E-state index < -0.39 is 14.8 Å². The van der Waals surface area contributed by atoms with Gasteiger partial charge in [-0.3, -0.25) is 50.2 Å². The van der Waals surface area contributed by atoms with E-state index in [9.17, 15) is 45.7 Å². The van der Waals surface area contributed by atoms with Crippen LogP contribution in [0.2, 0.25) is 0 Å². The van der Waals surface area contributed by atoms with Crippen molar-refractivity contribution in [3.8, 4) is 17.2 Å². The van der Waals surface area contributed by atoms with Crippen LogP contribution in [0, 0.1) is 30.3 Å². The molecule has 0 radical (unpaired) electrons. The van der Waals surface area contributed by atoms with Crippen LogP contribution in [0.25, 0.3) is 0 Å². The van der Waals surface area contributed by atoms with E-state index in [-0.39, 0.29) is 34.3 Å². The van der Waals surface area contributed by atoms with E-state index in [0.717, 1.165) is 0 Å². The summed E-state index contributed by atoms with van der Waals surface area (Å²) in [5, 5.41) is 89.2. The second-order valence-corrected chi connectivity index (χ2v) is 14.1. The van der Waals surface area contributed by atoms with Crippen molar-refractivity contribution in [3.63, 3.8) is 0 Å². The van der Waals surface area contributed by atoms with Gasteiger partial charge in [-0.05, 0) is 91.0 Å². The van der Waals surface area contributed by atoms with Gasteiger partial charge in [0.05, 0.1) is 68.5 Å². The number of rotatable bonds is 21. The summed E-state index contributed by atoms with van der Waals surface area (Å²) in [6.45, 7) is 2.30. The smallest absolute Gasteiger partial charge is 0.269 e. The summed E-state index contributed by atoms with van der Waals surface area (Å²) in [6.07, 6.45) is 4.54. The molecule has 0 aliphatic carbocycles. The molecule has 0 atom stereocenters. The van der Waals surface area contributed by atoms with Gasteiger partial charge < -0.3 is 15.3 Å². The molecule has 0 unspecified atom stereocenters. The van der Waals surface area contributed by atoms with Crippen LogP contribution in [-0.2, 0) is 0 Å². The van der Waals surface area contributed by atoms with Crippen LogP contribution in [0.4, 0.5) is 51.2 Å². The number of aliphatic imine (C=N–C) groups is 3. The Morgan fingerprint density at radius 1 is 0.388 bits per heavy atom. The Labute approximate surface area is 380 Å². The lowest BCUT2D eigenvalue weighted by Crippen LogP contribution is -2.31. The van der Waals surface area contributed by atoms with E-state index in [0.29, 0.717) is 90.1 Å². The number of phenolic OH excluding ortho intramolecular Hbond substituents is 3. The number of nitro groups is 3. The largest absolute Gasteiger partial charge is 0.507 e. The van der Waals surface area contributed by atoms with Gasteiger partial charge in [-0.1, -0.05) is 0 Å². The number of nitrogens with zero attached hydrogens (tertiary/aromatic N) is 13. The zero-order valence-electron chi connectivity index (χ0n) is 35.2. The number of hydrogen-bond donors (Lipinski definition) is 3. The van der Waals surface area contributed by atoms with Crippen LogP contribution >= 0.6 is 0 Å². The molecule has 0 spiro atoms. The lowest BCUT2D eigenvalue weighted by atomic mass is 10.2. The minimum atomic E-state index is -0.508. The average molecular weight is 906 g/mol. The van der Waals surface area contributed by atoms with Crippen molar-refractivity contribution in [3.05, 3.63) is 174 Å². The molecule has 0 heterocycles. The summed E-state index contributed by atoms with van der Waals surface area (Å²) in [5.74, 6) is -0.0865. The molecule has 0 bridgehead atoms. The van der Waals surface area contributed by atoms with Crippen LogP contribution in [0.1, 0.15) is 16.7 Å². The summed E-state index contributed by atoms with van der Waals surface area (Å²) < 4.78 is 0. The van der Waals surface area contributed by atoms with Gasteiger partial charge in [-0.2, -0.15) is 30.7 Å². The highest BCUT2D eigenvalue weighted by Gasteiger charge is 2.09. The molecule has 67 heavy (non-hydrogen) atoms. The molecular weight excluding hydrogens is 867 g/mol. The first-order valence-electron chi connectivity index (χ1n) is 20.1. The van der Waals surface area contributed by atoms with Crippen molar-refractivity contribution in [2.45, 2.75) is 0 Å². The Balaban J connectivity index is 1.10. The second-order valence-electron chi connectivity index (χ2n) is 14.1. The van der Waals surface area contributed by atoms with Gasteiger partial charge in [0, 0.05) is 91.4 Å². The van der Waals surface area contributed by atoms with Gasteiger partial charge >= 0.3 is 0 Å². The highest BCUT2D eigenvalue weighted by atomic mass is 16.6. The van der Waals surface area contributed by atoms with Crippen molar-refractivity contribution < 1.29 is 30.1 Å². The van der Waals surface area contributed by atoms with Crippen LogP contribution < -0.4 is 0 Å². The minimum Gasteiger partial charge on any atom is -0.507 e. The lowest BCUT2D eigenvalue weighted by Gasteiger charge is -2.19. The van der Waals surface area contributed by atoms with Gasteiger partial charge in [0.25, 0.3) is 17.1 Å². The van der Waals surface area contributed by atoms with E-state index in [1.165, 1.54) is 110 Å². The molecule has 0 amide bonds. The van der Waals surface area contributed by atoms with Crippen LogP contribution in [0.3, 0.4) is 0 Å². The zero-order valence-corrected chi connectivity index (χ0v) is 35.2. The maximum Gasteiger partial charge on any atom is 0.269 e. The monoisotopic (exact) mass is 905 g/mol. The summed E-state index contributed by atoms with van der Waals surface area (Å²) >= 11 is 0. The predicted octanol–water partition coefficient (Wildman–Crippen LogP) is 10.7. The van der Waals surface area contributed by atoms with Crippen LogP contribution in [-0.4, -0.2) is 92.9 Å². The fraction of sp³-hybridized carbons (Fsp3) is 0.133. The molecule has 22 nitrogen and oxygen atoms in total. The van der Waals surface area contributed by atoms with Gasteiger partial charge in [0.2, 0.25) is 0 Å². The number of azo groups is 3. The van der Waals surface area contributed by atoms with Gasteiger partial charge in [0.1, 0.15) is 17.2 Å². The molecule has 338 valence electrons. The second kappa shape index (κ2) is 23.4. The summed E-state index contributed by atoms with van der Waals surface area (Å²) in [7, 11) is 0. The number of phenols is 3. The number of aromatic hydroxyl groups is 3. The van der Waals surface area contributed by atoms with Crippen molar-refractivity contribution in [2.24, 2.45) is 45.7 Å². The molecule has 3 N–H and O–H groups in total. The molecule has 0 aliphatic heterocycles. The zero-order chi connectivity index (χ0) is 47.5. The molecule has 22 heteroatoms. The third kappa shape index (κ3) is 14.6. The van der Waals surface area contributed by atoms with Crippen LogP contribution in [0.15, 0.2) is 173 Å². The van der Waals surface area contributed by atoms with Gasteiger partial charge in [-0.15, -0.1) is 0 Å². The minimum absolute atomic E-state index is 0.0288. The van der Waals surface area contributed by atoms with Crippen molar-refractivity contribution >= 4 is 69.8 Å². The van der Waals surface area contributed by atoms with Crippen molar-refractivity contribution in [1.82, 2.24) is 4.90 Å². The fourth-order valence-corrected chi connectivity index (χ4v) is 5.81. The lowest BCUT2D eigenvalue weighted by molar-refractivity contribution is -0.385. The number of non-ortho nitro benzene ring substituents is 3. The predicted molar refractivity (Wildman–Crippen MR) is 250 cm³/mol. The third-order valence-corrected chi connectivity index (χ3v) is 9.38. The van der Waals surface area contributed by atoms with Gasteiger partial charge in [-0.25, -0.2) is 0 Å². The van der Waals surface area contributed by atoms with Crippen molar-refractivity contribution in [1.29, 1.82) is 0 Å². The van der Waals surface area contributed by atoms with E-state index >= 15 is 0 Å². The summed E-state index contributed by atoms with van der Waals surface area (Å²) in [6, 6.07) is 30.6. The molecular formula is C45H39N13O9. The maximum absolute atomic E-state index is 10.9. The number of benzene rings is 6. The molecule has 0 saturated carbocycles. The highest BCUT2D eigenvalue weighted by Crippen LogP contribution is 2.28. The standard InChI is InChI=1S/C45H39N13O9/c59-43-16-7-37(52-49-34-1-10-40(11-2-34)56(62)63)25-31(43)28-46-19-22-55(23-20-47-29-32-26-38(8-17-44(32)60)53-50-35-3-12-41(13-4-35)57(64)65)24-21-48-30-33-27-39(9-18-45(33)61)54-51-36-5-14-42(15-6-36)58(66)67/h1-18,25-30,59-61H,19-24H2. The Hall–Kier alpha value is -9.31. The first-order valence-corrected chi connectivity index (χ1v) is 20.1. The van der Waals surface area contributed by atoms with E-state index in [4.69, 9.17) is 0 Å². The molecule has 6 aromatic rings. The third-order valence-electron chi connectivity index (χ3n) is 9.38. The molecule has 6 aromatic carbocycles. The average Bonchev–Trinajstić information content (AvgIpc) is 3.33. The highest BCUT2D eigenvalue weighted by molar-refractivity contribution is 5.86. The maximum atomic E-state index is 10.9. The quantitative estimate of drug-likeness (QED) is 0.0265. The fourth-order valence-electron chi connectivity index (χ4n) is 5.81. The topological polar surface area (TPSA) is 305 Å². The normalized spacial score (nSPS) is 12.0. The molecule has 6 rings (SSSR count). The molecule has 0 saturated heterocycles. The molecule has 0 fully saturated rings. The Bertz CT molecular complexity index is 2580. The first-order chi connectivity index (χ1) is 32.4. The van der Waals surface area contributed by atoms with Crippen molar-refractivity contribution in [2.75, 3.05) is 39.3 Å². The van der Waals surface area contributed by atoms with E-state index in [1.54, 1.807) is 36.4 Å². The van der Waals surface area contributed by atoms with Gasteiger partial charge in [0.15, 0.2) is 0 Å². The molecule has 0 aromatic heterocycles. The SMILES string of the molecule is O=[N+]([O-])c1ccc(N=Nc2ccc(O)c(C=NCCN(CCN=Cc3cc(N=Nc4ccc([N+](=O)[O-])cc4)ccc3O)CCN=Cc3cc(N=Nc4ccc([N+](=O)[O-])cc4)ccc3O)c2)cc1. The van der Waals surface area contributed by atoms with E-state index in [2.05, 4.69) is 50.6 Å². The van der Waals surface area contributed by atoms with Crippen LogP contribution in [0.5, 0.6) is 17.2 Å². The number of nitro benzene ring substituents is 3. The Morgan fingerprint density at radius 3 is 0.881 bits per heavy atom. The Kier molecular flexibility index (Phi) is 16.5. The summed E-state index contributed by atoms with van der Waals surface area (Å²) in [4.78, 5) is 46.9. The molecule has 0 aliphatic rings. The number of hydrogen-bond acceptors (Lipinski definition) is 19.